The average Bonchev–Trinajstić information content (AvgIpc) is 2.63. The van der Waals surface area contributed by atoms with Crippen LogP contribution in [0.15, 0.2) is 29.3 Å². The second kappa shape index (κ2) is 8.49. The zero-order valence-electron chi connectivity index (χ0n) is 14.8. The number of benzene rings is 1. The van der Waals surface area contributed by atoms with Crippen molar-refractivity contribution in [1.82, 2.24) is 9.80 Å². The van der Waals surface area contributed by atoms with Crippen molar-refractivity contribution in [3.05, 3.63) is 35.4 Å². The molecule has 1 unspecified atom stereocenters. The Morgan fingerprint density at radius 2 is 1.92 bits per heavy atom. The number of piperidine rings is 1. The third-order valence-corrected chi connectivity index (χ3v) is 5.18. The van der Waals surface area contributed by atoms with Gasteiger partial charge in [-0.15, -0.1) is 0 Å². The molecule has 2 heterocycles. The van der Waals surface area contributed by atoms with Gasteiger partial charge in [0.1, 0.15) is 0 Å². The Morgan fingerprint density at radius 1 is 1.17 bits per heavy atom. The quantitative estimate of drug-likeness (QED) is 0.679. The monoisotopic (exact) mass is 330 g/mol. The zero-order valence-corrected chi connectivity index (χ0v) is 14.8. The van der Waals surface area contributed by atoms with Crippen LogP contribution in [0.4, 0.5) is 0 Å². The molecule has 0 aromatic heterocycles. The molecule has 2 fully saturated rings. The van der Waals surface area contributed by atoms with E-state index in [1.54, 1.807) is 0 Å². The zero-order chi connectivity index (χ0) is 16.8. The molecule has 1 atom stereocenters. The van der Waals surface area contributed by atoms with E-state index in [9.17, 15) is 0 Å². The number of likely N-dealkylation sites (tertiary alicyclic amines) is 1. The number of nitrogens with two attached hydrogens (primary N) is 1. The van der Waals surface area contributed by atoms with Crippen LogP contribution in [-0.2, 0) is 17.8 Å². The topological polar surface area (TPSA) is 54.1 Å². The van der Waals surface area contributed by atoms with Crippen molar-refractivity contribution in [1.29, 1.82) is 0 Å². The van der Waals surface area contributed by atoms with Gasteiger partial charge >= 0.3 is 0 Å². The lowest BCUT2D eigenvalue weighted by molar-refractivity contribution is 0.0674. The van der Waals surface area contributed by atoms with Crippen LogP contribution in [-0.4, -0.2) is 54.6 Å². The first kappa shape index (κ1) is 17.2. The van der Waals surface area contributed by atoms with Gasteiger partial charge in [-0.05, 0) is 37.4 Å². The summed E-state index contributed by atoms with van der Waals surface area (Å²) in [5.41, 5.74) is 8.83. The summed E-state index contributed by atoms with van der Waals surface area (Å²) in [6, 6.07) is 9.31. The molecule has 0 amide bonds. The van der Waals surface area contributed by atoms with Crippen molar-refractivity contribution in [2.75, 3.05) is 32.8 Å². The van der Waals surface area contributed by atoms with Gasteiger partial charge in [0.2, 0.25) is 0 Å². The molecule has 0 aliphatic carbocycles. The second-order valence-corrected chi connectivity index (χ2v) is 6.86. The fourth-order valence-corrected chi connectivity index (χ4v) is 3.54. The fourth-order valence-electron chi connectivity index (χ4n) is 3.54. The van der Waals surface area contributed by atoms with Crippen LogP contribution in [0.5, 0.6) is 0 Å². The summed E-state index contributed by atoms with van der Waals surface area (Å²) < 4.78 is 5.37. The van der Waals surface area contributed by atoms with Crippen LogP contribution in [0.1, 0.15) is 37.3 Å². The highest BCUT2D eigenvalue weighted by Gasteiger charge is 2.19. The van der Waals surface area contributed by atoms with E-state index in [2.05, 4.69) is 46.0 Å². The Balaban J connectivity index is 1.65. The maximum Gasteiger partial charge on any atom is 0.191 e. The number of nitrogens with zero attached hydrogens (tertiary/aromatic N) is 3. The molecule has 2 N–H and O–H groups in total. The predicted octanol–water partition coefficient (Wildman–Crippen LogP) is 2.21. The first-order valence-electron chi connectivity index (χ1n) is 9.17. The highest BCUT2D eigenvalue weighted by atomic mass is 16.5. The highest BCUT2D eigenvalue weighted by molar-refractivity contribution is 5.78. The number of rotatable bonds is 4. The van der Waals surface area contributed by atoms with Crippen LogP contribution in [0, 0.1) is 0 Å². The van der Waals surface area contributed by atoms with Gasteiger partial charge in [-0.25, -0.2) is 4.99 Å². The van der Waals surface area contributed by atoms with Gasteiger partial charge in [-0.1, -0.05) is 30.7 Å². The highest BCUT2D eigenvalue weighted by Crippen LogP contribution is 2.21. The van der Waals surface area contributed by atoms with Crippen molar-refractivity contribution in [2.45, 2.75) is 45.3 Å². The van der Waals surface area contributed by atoms with Crippen LogP contribution < -0.4 is 5.73 Å². The normalized spacial score (nSPS) is 23.5. The lowest BCUT2D eigenvalue weighted by Gasteiger charge is -2.33. The van der Waals surface area contributed by atoms with E-state index in [0.717, 1.165) is 32.8 Å². The van der Waals surface area contributed by atoms with Gasteiger partial charge < -0.3 is 15.4 Å². The molecule has 3 rings (SSSR count). The summed E-state index contributed by atoms with van der Waals surface area (Å²) in [4.78, 5) is 9.34. The van der Waals surface area contributed by atoms with Gasteiger partial charge in [0, 0.05) is 25.7 Å². The summed E-state index contributed by atoms with van der Waals surface area (Å²) in [5, 5.41) is 0. The van der Waals surface area contributed by atoms with Gasteiger partial charge in [0.05, 0.1) is 19.8 Å². The van der Waals surface area contributed by atoms with Crippen LogP contribution in [0.3, 0.4) is 0 Å². The molecule has 1 aromatic rings. The van der Waals surface area contributed by atoms with E-state index in [0.29, 0.717) is 18.5 Å². The van der Waals surface area contributed by atoms with Crippen molar-refractivity contribution < 1.29 is 4.74 Å². The summed E-state index contributed by atoms with van der Waals surface area (Å²) in [5.74, 6) is 0.638. The molecule has 1 aromatic carbocycles. The number of hydrogen-bond acceptors (Lipinski definition) is 3. The third kappa shape index (κ3) is 4.48. The summed E-state index contributed by atoms with van der Waals surface area (Å²) in [6.07, 6.45) is 3.98. The second-order valence-electron chi connectivity index (χ2n) is 6.86. The van der Waals surface area contributed by atoms with Crippen LogP contribution in [0.2, 0.25) is 0 Å². The molecule has 5 nitrogen and oxygen atoms in total. The van der Waals surface area contributed by atoms with Crippen LogP contribution >= 0.6 is 0 Å². The molecule has 132 valence electrons. The average molecular weight is 330 g/mol. The molecule has 2 aliphatic rings. The molecular weight excluding hydrogens is 300 g/mol. The summed E-state index contributed by atoms with van der Waals surface area (Å²) >= 11 is 0. The molecule has 5 heteroatoms. The lowest BCUT2D eigenvalue weighted by Crippen LogP contribution is -2.44. The molecule has 2 aliphatic heterocycles. The molecule has 0 radical (unpaired) electrons. The van der Waals surface area contributed by atoms with E-state index in [1.807, 2.05) is 0 Å². The lowest BCUT2D eigenvalue weighted by atomic mass is 10.0. The minimum atomic E-state index is 0.638. The maximum absolute atomic E-state index is 6.16. The van der Waals surface area contributed by atoms with E-state index in [4.69, 9.17) is 10.5 Å². The Labute approximate surface area is 145 Å². The fraction of sp³-hybridized carbons (Fsp3) is 0.632. The van der Waals surface area contributed by atoms with Gasteiger partial charge in [-0.2, -0.15) is 0 Å². The first-order valence-corrected chi connectivity index (χ1v) is 9.17. The maximum atomic E-state index is 6.16. The Bertz CT molecular complexity index is 554. The number of ether oxygens (including phenoxy) is 1. The van der Waals surface area contributed by atoms with Gasteiger partial charge in [-0.3, -0.25) is 4.90 Å². The first-order chi connectivity index (χ1) is 11.7. The van der Waals surface area contributed by atoms with E-state index in [1.165, 1.54) is 36.9 Å². The van der Waals surface area contributed by atoms with E-state index >= 15 is 0 Å². The van der Waals surface area contributed by atoms with E-state index < -0.39 is 0 Å². The number of morpholine rings is 1. The molecule has 24 heavy (non-hydrogen) atoms. The smallest absolute Gasteiger partial charge is 0.191 e. The summed E-state index contributed by atoms with van der Waals surface area (Å²) in [6.45, 7) is 8.36. The minimum absolute atomic E-state index is 0.638. The minimum Gasteiger partial charge on any atom is -0.378 e. The Morgan fingerprint density at radius 3 is 2.67 bits per heavy atom. The largest absolute Gasteiger partial charge is 0.378 e. The van der Waals surface area contributed by atoms with Crippen molar-refractivity contribution in [2.24, 2.45) is 10.7 Å². The number of hydrogen-bond donors (Lipinski definition) is 1. The van der Waals surface area contributed by atoms with Gasteiger partial charge in [0.25, 0.3) is 0 Å². The van der Waals surface area contributed by atoms with Crippen molar-refractivity contribution in [3.8, 4) is 0 Å². The Kier molecular flexibility index (Phi) is 6.10. The van der Waals surface area contributed by atoms with Crippen molar-refractivity contribution >= 4 is 5.96 Å². The molecular formula is C19H30N4O. The van der Waals surface area contributed by atoms with Gasteiger partial charge in [0.15, 0.2) is 5.96 Å². The molecule has 0 bridgehead atoms. The van der Waals surface area contributed by atoms with Crippen LogP contribution in [0.25, 0.3) is 0 Å². The molecule has 0 spiro atoms. The third-order valence-electron chi connectivity index (χ3n) is 5.18. The number of guanidine groups is 1. The standard InChI is InChI=1S/C19H30N4O/c1-16-6-4-5-9-23(16)15-18-8-3-2-7-17(18)14-21-19(20)22-10-12-24-13-11-22/h2-3,7-8,16H,4-6,9-15H2,1H3,(H2,20,21). The summed E-state index contributed by atoms with van der Waals surface area (Å²) in [7, 11) is 0. The Hall–Kier alpha value is -1.59. The molecule has 0 saturated carbocycles. The molecule has 2 saturated heterocycles. The SMILES string of the molecule is CC1CCCCN1Cc1ccccc1CN=C(N)N1CCOCC1. The predicted molar refractivity (Wildman–Crippen MR) is 97.9 cm³/mol. The van der Waals surface area contributed by atoms with E-state index in [-0.39, 0.29) is 0 Å². The van der Waals surface area contributed by atoms with Crippen molar-refractivity contribution in [3.63, 3.8) is 0 Å². The number of aliphatic imine (C=N–C) groups is 1.